The van der Waals surface area contributed by atoms with Gasteiger partial charge in [-0.1, -0.05) is 35.9 Å². The highest BCUT2D eigenvalue weighted by atomic mass is 16.5. The van der Waals surface area contributed by atoms with E-state index in [2.05, 4.69) is 0 Å². The Morgan fingerprint density at radius 1 is 1.14 bits per heavy atom. The summed E-state index contributed by atoms with van der Waals surface area (Å²) in [5.74, 6) is -0.721. The summed E-state index contributed by atoms with van der Waals surface area (Å²) in [6.07, 6.45) is 5.42. The van der Waals surface area contributed by atoms with E-state index in [1.807, 2.05) is 37.3 Å². The quantitative estimate of drug-likeness (QED) is 0.356. The fraction of sp³-hybridized carbons (Fsp3) is 0.368. The molecular weight excluding hydrogens is 276 g/mol. The van der Waals surface area contributed by atoms with Gasteiger partial charge in [0.05, 0.1) is 6.61 Å². The number of ether oxygens (including phenoxy) is 1. The number of ketones is 1. The van der Waals surface area contributed by atoms with Crippen molar-refractivity contribution in [1.29, 1.82) is 0 Å². The predicted molar refractivity (Wildman–Crippen MR) is 87.2 cm³/mol. The van der Waals surface area contributed by atoms with Crippen LogP contribution in [0.1, 0.15) is 45.1 Å². The van der Waals surface area contributed by atoms with E-state index in [0.29, 0.717) is 0 Å². The standard InChI is InChI=1S/C19H22O3/c1-3-22-19(21)17(13-15-10-5-4-6-11-15)18(20)16-12-8-7-9-14(16)2/h4-6,10-11,13H,3,7-9,12H2,1-2H3/b17-13-. The maximum Gasteiger partial charge on any atom is 0.342 e. The van der Waals surface area contributed by atoms with Gasteiger partial charge in [0.25, 0.3) is 0 Å². The van der Waals surface area contributed by atoms with Crippen LogP contribution in [0.2, 0.25) is 0 Å². The topological polar surface area (TPSA) is 43.4 Å². The maximum atomic E-state index is 12.8. The second-order valence-electron chi connectivity index (χ2n) is 5.48. The molecule has 2 rings (SSSR count). The molecule has 0 radical (unpaired) electrons. The number of esters is 1. The molecule has 0 unspecified atom stereocenters. The molecule has 0 aromatic heterocycles. The first-order valence-corrected chi connectivity index (χ1v) is 7.80. The highest BCUT2D eigenvalue weighted by molar-refractivity contribution is 6.26. The summed E-state index contributed by atoms with van der Waals surface area (Å²) in [4.78, 5) is 25.0. The SMILES string of the molecule is CCOC(=O)/C(=C\c1ccccc1)C(=O)C1=C(C)CCCC1. The van der Waals surface area contributed by atoms with Gasteiger partial charge in [0.1, 0.15) is 5.57 Å². The molecule has 0 heterocycles. The molecule has 0 saturated carbocycles. The lowest BCUT2D eigenvalue weighted by molar-refractivity contribution is -0.139. The number of hydrogen-bond donors (Lipinski definition) is 0. The number of hydrogen-bond acceptors (Lipinski definition) is 3. The largest absolute Gasteiger partial charge is 0.462 e. The Bertz CT molecular complexity index is 609. The third kappa shape index (κ3) is 3.94. The molecule has 0 saturated heterocycles. The summed E-state index contributed by atoms with van der Waals surface area (Å²) < 4.78 is 5.07. The molecule has 1 aliphatic rings. The maximum absolute atomic E-state index is 12.8. The van der Waals surface area contributed by atoms with Crippen molar-refractivity contribution >= 4 is 17.8 Å². The molecule has 1 aromatic rings. The minimum atomic E-state index is -0.540. The van der Waals surface area contributed by atoms with Gasteiger partial charge in [-0.2, -0.15) is 0 Å². The van der Waals surface area contributed by atoms with Crippen LogP contribution in [0.3, 0.4) is 0 Å². The summed E-state index contributed by atoms with van der Waals surface area (Å²) in [7, 11) is 0. The van der Waals surface area contributed by atoms with Gasteiger partial charge < -0.3 is 4.74 Å². The van der Waals surface area contributed by atoms with Crippen LogP contribution in [0.4, 0.5) is 0 Å². The first-order chi connectivity index (χ1) is 10.6. The van der Waals surface area contributed by atoms with Crippen molar-refractivity contribution in [3.05, 3.63) is 52.6 Å². The molecule has 0 fully saturated rings. The van der Waals surface area contributed by atoms with Crippen LogP contribution in [-0.2, 0) is 14.3 Å². The summed E-state index contributed by atoms with van der Waals surface area (Å²) in [5.41, 5.74) is 2.83. The zero-order chi connectivity index (χ0) is 15.9. The van der Waals surface area contributed by atoms with Crippen LogP contribution in [0.15, 0.2) is 47.1 Å². The molecule has 22 heavy (non-hydrogen) atoms. The number of Topliss-reactive ketones (excluding diaryl/α,β-unsaturated/α-hetero) is 1. The van der Waals surface area contributed by atoms with Crippen LogP contribution in [-0.4, -0.2) is 18.4 Å². The fourth-order valence-corrected chi connectivity index (χ4v) is 2.67. The van der Waals surface area contributed by atoms with Crippen LogP contribution < -0.4 is 0 Å². The van der Waals surface area contributed by atoms with Gasteiger partial charge >= 0.3 is 5.97 Å². The lowest BCUT2D eigenvalue weighted by Crippen LogP contribution is -2.19. The average molecular weight is 298 g/mol. The van der Waals surface area contributed by atoms with Crippen molar-refractivity contribution in [1.82, 2.24) is 0 Å². The van der Waals surface area contributed by atoms with Gasteiger partial charge in [-0.25, -0.2) is 4.79 Å². The number of allylic oxidation sites excluding steroid dienone is 2. The van der Waals surface area contributed by atoms with E-state index in [0.717, 1.165) is 42.4 Å². The Hall–Kier alpha value is -2.16. The monoisotopic (exact) mass is 298 g/mol. The van der Waals surface area contributed by atoms with E-state index < -0.39 is 5.97 Å². The molecule has 116 valence electrons. The Balaban J connectivity index is 2.38. The van der Waals surface area contributed by atoms with Crippen LogP contribution in [0.25, 0.3) is 6.08 Å². The Labute approximate surface area is 131 Å². The van der Waals surface area contributed by atoms with Gasteiger partial charge in [0, 0.05) is 0 Å². The molecular formula is C19H22O3. The van der Waals surface area contributed by atoms with Crippen LogP contribution >= 0.6 is 0 Å². The van der Waals surface area contributed by atoms with E-state index in [1.54, 1.807) is 13.0 Å². The lowest BCUT2D eigenvalue weighted by atomic mass is 9.87. The molecule has 0 N–H and O–H groups in total. The predicted octanol–water partition coefficient (Wildman–Crippen LogP) is 4.09. The molecule has 0 atom stereocenters. The number of carbonyl (C=O) groups is 2. The van der Waals surface area contributed by atoms with E-state index in [4.69, 9.17) is 4.74 Å². The second kappa shape index (κ2) is 7.74. The molecule has 3 heteroatoms. The third-order valence-corrected chi connectivity index (χ3v) is 3.87. The lowest BCUT2D eigenvalue weighted by Gasteiger charge is -2.17. The Morgan fingerprint density at radius 2 is 1.82 bits per heavy atom. The van der Waals surface area contributed by atoms with E-state index in [1.165, 1.54) is 0 Å². The van der Waals surface area contributed by atoms with E-state index in [9.17, 15) is 9.59 Å². The van der Waals surface area contributed by atoms with Gasteiger partial charge in [0.2, 0.25) is 0 Å². The summed E-state index contributed by atoms with van der Waals surface area (Å²) in [6, 6.07) is 9.40. The average Bonchev–Trinajstić information content (AvgIpc) is 2.53. The van der Waals surface area contributed by atoms with Crippen molar-refractivity contribution in [3.8, 4) is 0 Å². The second-order valence-corrected chi connectivity index (χ2v) is 5.48. The normalized spacial score (nSPS) is 15.6. The summed E-state index contributed by atoms with van der Waals surface area (Å²) >= 11 is 0. The summed E-state index contributed by atoms with van der Waals surface area (Å²) in [6.45, 7) is 3.99. The van der Waals surface area contributed by atoms with Gasteiger partial charge in [-0.3, -0.25) is 4.79 Å². The van der Waals surface area contributed by atoms with Crippen molar-refractivity contribution in [2.24, 2.45) is 0 Å². The number of benzene rings is 1. The van der Waals surface area contributed by atoms with Crippen molar-refractivity contribution in [2.45, 2.75) is 39.5 Å². The van der Waals surface area contributed by atoms with Crippen LogP contribution in [0.5, 0.6) is 0 Å². The highest BCUT2D eigenvalue weighted by Gasteiger charge is 2.25. The first kappa shape index (κ1) is 16.2. The molecule has 0 aliphatic heterocycles. The fourth-order valence-electron chi connectivity index (χ4n) is 2.67. The molecule has 0 spiro atoms. The van der Waals surface area contributed by atoms with E-state index in [-0.39, 0.29) is 18.0 Å². The van der Waals surface area contributed by atoms with Gasteiger partial charge in [-0.15, -0.1) is 0 Å². The first-order valence-electron chi connectivity index (χ1n) is 7.80. The van der Waals surface area contributed by atoms with Crippen LogP contribution in [0, 0.1) is 0 Å². The molecule has 0 amide bonds. The number of carbonyl (C=O) groups excluding carboxylic acids is 2. The Kier molecular flexibility index (Phi) is 5.70. The molecule has 1 aliphatic carbocycles. The number of rotatable bonds is 5. The zero-order valence-corrected chi connectivity index (χ0v) is 13.2. The van der Waals surface area contributed by atoms with Crippen molar-refractivity contribution in [2.75, 3.05) is 6.61 Å². The van der Waals surface area contributed by atoms with Gasteiger partial charge in [-0.05, 0) is 56.7 Å². The zero-order valence-electron chi connectivity index (χ0n) is 13.2. The van der Waals surface area contributed by atoms with Gasteiger partial charge in [0.15, 0.2) is 5.78 Å². The molecule has 0 bridgehead atoms. The Morgan fingerprint density at radius 3 is 2.45 bits per heavy atom. The van der Waals surface area contributed by atoms with E-state index >= 15 is 0 Å². The minimum absolute atomic E-state index is 0.129. The third-order valence-electron chi connectivity index (χ3n) is 3.87. The summed E-state index contributed by atoms with van der Waals surface area (Å²) in [5, 5.41) is 0. The van der Waals surface area contributed by atoms with Crippen molar-refractivity contribution < 1.29 is 14.3 Å². The highest BCUT2D eigenvalue weighted by Crippen LogP contribution is 2.27. The smallest absolute Gasteiger partial charge is 0.342 e. The molecule has 1 aromatic carbocycles. The molecule has 3 nitrogen and oxygen atoms in total. The van der Waals surface area contributed by atoms with Crippen molar-refractivity contribution in [3.63, 3.8) is 0 Å². The minimum Gasteiger partial charge on any atom is -0.462 e.